The molecule has 8 nitrogen and oxygen atoms in total. The highest BCUT2D eigenvalue weighted by atomic mass is 16.2. The quantitative estimate of drug-likeness (QED) is 0.430. The number of benzene rings is 2. The standard InChI is InChI=1S/C23H22N6O2/c1-15-18(17-6-3-2-4-7-17)8-5-9-20(15)27-23(31)19-10-16(11-25-12-21(24)30)13-29-14-26-28-22(19)29/h2-10,13-14,25H,11-12H2,1H3,(H2,24,30)(H,27,31). The molecular weight excluding hydrogens is 392 g/mol. The second kappa shape index (κ2) is 8.76. The van der Waals surface area contributed by atoms with Crippen molar-refractivity contribution >= 4 is 23.1 Å². The number of fused-ring (bicyclic) bond motifs is 1. The minimum Gasteiger partial charge on any atom is -0.369 e. The summed E-state index contributed by atoms with van der Waals surface area (Å²) >= 11 is 0. The van der Waals surface area contributed by atoms with Crippen LogP contribution in [0.3, 0.4) is 0 Å². The first-order valence-electron chi connectivity index (χ1n) is 9.80. The Balaban J connectivity index is 1.63. The molecule has 0 spiro atoms. The van der Waals surface area contributed by atoms with Crippen LogP contribution in [0.1, 0.15) is 21.5 Å². The van der Waals surface area contributed by atoms with Gasteiger partial charge in [0.25, 0.3) is 5.91 Å². The Morgan fingerprint density at radius 2 is 1.90 bits per heavy atom. The van der Waals surface area contributed by atoms with Crippen LogP contribution in [0.5, 0.6) is 0 Å². The van der Waals surface area contributed by atoms with Crippen LogP contribution >= 0.6 is 0 Å². The summed E-state index contributed by atoms with van der Waals surface area (Å²) in [6.45, 7) is 2.40. The number of nitrogens with zero attached hydrogens (tertiary/aromatic N) is 3. The van der Waals surface area contributed by atoms with Gasteiger partial charge < -0.3 is 16.4 Å². The van der Waals surface area contributed by atoms with E-state index in [1.807, 2.05) is 55.5 Å². The van der Waals surface area contributed by atoms with Gasteiger partial charge in [0, 0.05) is 18.4 Å². The summed E-state index contributed by atoms with van der Waals surface area (Å²) in [5, 5.41) is 13.9. The molecule has 4 N–H and O–H groups in total. The zero-order valence-electron chi connectivity index (χ0n) is 17.0. The lowest BCUT2D eigenvalue weighted by Gasteiger charge is -2.14. The van der Waals surface area contributed by atoms with Crippen molar-refractivity contribution in [2.75, 3.05) is 11.9 Å². The summed E-state index contributed by atoms with van der Waals surface area (Å²) in [6.07, 6.45) is 3.34. The van der Waals surface area contributed by atoms with Crippen LogP contribution in [0.25, 0.3) is 16.8 Å². The first-order chi connectivity index (χ1) is 15.0. The Hall–Kier alpha value is -4.04. The topological polar surface area (TPSA) is 114 Å². The molecule has 4 rings (SSSR count). The molecule has 0 saturated carbocycles. The number of pyridine rings is 1. The van der Waals surface area contributed by atoms with Crippen LogP contribution < -0.4 is 16.4 Å². The maximum absolute atomic E-state index is 13.2. The van der Waals surface area contributed by atoms with Gasteiger partial charge >= 0.3 is 0 Å². The molecule has 31 heavy (non-hydrogen) atoms. The Bertz CT molecular complexity index is 1250. The summed E-state index contributed by atoms with van der Waals surface area (Å²) in [5.74, 6) is -0.736. The van der Waals surface area contributed by atoms with E-state index >= 15 is 0 Å². The molecule has 2 aromatic heterocycles. The van der Waals surface area contributed by atoms with Gasteiger partial charge in [-0.05, 0) is 41.3 Å². The Kier molecular flexibility index (Phi) is 5.72. The number of amides is 2. The van der Waals surface area contributed by atoms with Crippen molar-refractivity contribution in [1.82, 2.24) is 19.9 Å². The average Bonchev–Trinajstić information content (AvgIpc) is 3.23. The number of aromatic nitrogens is 3. The van der Waals surface area contributed by atoms with Crippen LogP contribution in [0.4, 0.5) is 5.69 Å². The Morgan fingerprint density at radius 3 is 2.68 bits per heavy atom. The lowest BCUT2D eigenvalue weighted by atomic mass is 9.99. The lowest BCUT2D eigenvalue weighted by molar-refractivity contribution is -0.117. The van der Waals surface area contributed by atoms with E-state index in [-0.39, 0.29) is 12.5 Å². The first-order valence-corrected chi connectivity index (χ1v) is 9.80. The van der Waals surface area contributed by atoms with E-state index in [0.717, 1.165) is 27.9 Å². The predicted molar refractivity (Wildman–Crippen MR) is 118 cm³/mol. The van der Waals surface area contributed by atoms with Crippen molar-refractivity contribution < 1.29 is 9.59 Å². The van der Waals surface area contributed by atoms with E-state index in [1.165, 1.54) is 6.33 Å². The Morgan fingerprint density at radius 1 is 1.10 bits per heavy atom. The van der Waals surface area contributed by atoms with Gasteiger partial charge in [-0.1, -0.05) is 42.5 Å². The van der Waals surface area contributed by atoms with Gasteiger partial charge in [0.2, 0.25) is 5.91 Å². The third-order valence-electron chi connectivity index (χ3n) is 4.99. The molecule has 0 aliphatic heterocycles. The molecule has 8 heteroatoms. The largest absolute Gasteiger partial charge is 0.369 e. The van der Waals surface area contributed by atoms with Crippen molar-refractivity contribution in [2.24, 2.45) is 5.73 Å². The summed E-state index contributed by atoms with van der Waals surface area (Å²) in [4.78, 5) is 24.1. The summed E-state index contributed by atoms with van der Waals surface area (Å²) in [6, 6.07) is 17.6. The number of anilines is 1. The molecule has 0 aliphatic rings. The minimum absolute atomic E-state index is 0.0488. The van der Waals surface area contributed by atoms with Gasteiger partial charge in [-0.3, -0.25) is 14.0 Å². The first kappa shape index (κ1) is 20.2. The van der Waals surface area contributed by atoms with Crippen LogP contribution in [-0.2, 0) is 11.3 Å². The summed E-state index contributed by atoms with van der Waals surface area (Å²) in [5.41, 5.74) is 10.6. The van der Waals surface area contributed by atoms with Crippen molar-refractivity contribution in [3.63, 3.8) is 0 Å². The second-order valence-corrected chi connectivity index (χ2v) is 7.19. The van der Waals surface area contributed by atoms with Gasteiger partial charge in [0.15, 0.2) is 5.65 Å². The second-order valence-electron chi connectivity index (χ2n) is 7.19. The number of carbonyl (C=O) groups excluding carboxylic acids is 2. The molecule has 0 saturated heterocycles. The van der Waals surface area contributed by atoms with Gasteiger partial charge in [0.1, 0.15) is 6.33 Å². The number of carbonyl (C=O) groups is 2. The lowest BCUT2D eigenvalue weighted by Crippen LogP contribution is -2.28. The third-order valence-corrected chi connectivity index (χ3v) is 4.99. The maximum atomic E-state index is 13.2. The molecule has 0 atom stereocenters. The molecular formula is C23H22N6O2. The zero-order chi connectivity index (χ0) is 21.8. The summed E-state index contributed by atoms with van der Waals surface area (Å²) in [7, 11) is 0. The number of nitrogens with one attached hydrogen (secondary N) is 2. The van der Waals surface area contributed by atoms with E-state index in [2.05, 4.69) is 20.8 Å². The molecule has 2 amide bonds. The number of hydrogen-bond donors (Lipinski definition) is 3. The number of rotatable bonds is 7. The SMILES string of the molecule is Cc1c(NC(=O)c2cc(CNCC(N)=O)cn3cnnc23)cccc1-c1ccccc1. The summed E-state index contributed by atoms with van der Waals surface area (Å²) < 4.78 is 1.68. The van der Waals surface area contributed by atoms with Crippen LogP contribution in [0, 0.1) is 6.92 Å². The van der Waals surface area contributed by atoms with Gasteiger partial charge in [-0.25, -0.2) is 0 Å². The smallest absolute Gasteiger partial charge is 0.259 e. The highest BCUT2D eigenvalue weighted by Crippen LogP contribution is 2.29. The van der Waals surface area contributed by atoms with E-state index in [0.29, 0.717) is 17.8 Å². The van der Waals surface area contributed by atoms with Gasteiger partial charge in [0.05, 0.1) is 12.1 Å². The van der Waals surface area contributed by atoms with Crippen LogP contribution in [0.15, 0.2) is 67.1 Å². The zero-order valence-corrected chi connectivity index (χ0v) is 17.0. The normalized spacial score (nSPS) is 10.9. The third kappa shape index (κ3) is 4.44. The van der Waals surface area contributed by atoms with E-state index in [4.69, 9.17) is 5.73 Å². The number of primary amides is 1. The molecule has 156 valence electrons. The fraction of sp³-hybridized carbons (Fsp3) is 0.130. The van der Waals surface area contributed by atoms with Crippen LogP contribution in [0.2, 0.25) is 0 Å². The van der Waals surface area contributed by atoms with Crippen LogP contribution in [-0.4, -0.2) is 33.0 Å². The molecule has 0 aliphatic carbocycles. The average molecular weight is 414 g/mol. The molecule has 0 fully saturated rings. The highest BCUT2D eigenvalue weighted by Gasteiger charge is 2.16. The number of hydrogen-bond acceptors (Lipinski definition) is 5. The molecule has 0 radical (unpaired) electrons. The predicted octanol–water partition coefficient (Wildman–Crippen LogP) is 2.53. The van der Waals surface area contributed by atoms with Gasteiger partial charge in [-0.15, -0.1) is 10.2 Å². The molecule has 0 unspecified atom stereocenters. The highest BCUT2D eigenvalue weighted by molar-refractivity contribution is 6.09. The minimum atomic E-state index is -0.447. The van der Waals surface area contributed by atoms with E-state index in [9.17, 15) is 9.59 Å². The molecule has 2 heterocycles. The fourth-order valence-corrected chi connectivity index (χ4v) is 3.48. The Labute approximate surface area is 179 Å². The van der Waals surface area contributed by atoms with E-state index < -0.39 is 5.91 Å². The fourth-order valence-electron chi connectivity index (χ4n) is 3.48. The monoisotopic (exact) mass is 414 g/mol. The molecule has 2 aromatic carbocycles. The van der Waals surface area contributed by atoms with Gasteiger partial charge in [-0.2, -0.15) is 0 Å². The van der Waals surface area contributed by atoms with E-state index in [1.54, 1.807) is 16.7 Å². The maximum Gasteiger partial charge on any atom is 0.259 e. The van der Waals surface area contributed by atoms with Crippen molar-refractivity contribution in [2.45, 2.75) is 13.5 Å². The van der Waals surface area contributed by atoms with Crippen molar-refractivity contribution in [3.8, 4) is 11.1 Å². The molecule has 4 aromatic rings. The molecule has 0 bridgehead atoms. The number of nitrogens with two attached hydrogens (primary N) is 1. The van der Waals surface area contributed by atoms with Crippen molar-refractivity contribution in [3.05, 3.63) is 83.8 Å². The van der Waals surface area contributed by atoms with Crippen molar-refractivity contribution in [1.29, 1.82) is 0 Å².